The summed E-state index contributed by atoms with van der Waals surface area (Å²) in [6.07, 6.45) is 0. The van der Waals surface area contributed by atoms with Gasteiger partial charge in [-0.3, -0.25) is 0 Å². The van der Waals surface area contributed by atoms with Crippen molar-refractivity contribution >= 4 is 19.8 Å². The second-order valence-electron chi connectivity index (χ2n) is 0. The fraction of sp³-hybridized carbons (Fsp3) is 1.00. The van der Waals surface area contributed by atoms with Crippen molar-refractivity contribution in [2.24, 2.45) is 0 Å². The predicted octanol–water partition coefficient (Wildman–Crippen LogP) is 1.14. The van der Waals surface area contributed by atoms with Crippen LogP contribution in [0, 0.1) is 0 Å². The third-order valence-corrected chi connectivity index (χ3v) is 0. The van der Waals surface area contributed by atoms with E-state index in [2.05, 4.69) is 0 Å². The van der Waals surface area contributed by atoms with Crippen molar-refractivity contribution in [2.45, 2.75) is 13.8 Å². The third-order valence-electron chi connectivity index (χ3n) is 0. The Labute approximate surface area is 34.6 Å². The molecule has 0 heterocycles. The fourth-order valence-corrected chi connectivity index (χ4v) is 0. The minimum absolute atomic E-state index is 0. The first kappa shape index (κ1) is 20.9. The molecular weight excluding hydrogens is 86.0 g/mol. The highest BCUT2D eigenvalue weighted by atomic mass is 31.0. The van der Waals surface area contributed by atoms with Gasteiger partial charge in [0.1, 0.15) is 0 Å². The molecule has 0 N–H and O–H groups in total. The zero-order chi connectivity index (χ0) is 2.00. The second kappa shape index (κ2) is 42.7. The van der Waals surface area contributed by atoms with Crippen LogP contribution in [0.3, 0.4) is 0 Å². The Hall–Kier alpha value is 0.860. The number of hydrogen-bond acceptors (Lipinski definition) is 0. The van der Waals surface area contributed by atoms with E-state index in [-0.39, 0.29) is 19.8 Å². The Balaban J connectivity index is -0.00000000500. The largest absolute Gasteiger partial charge is 0.153 e. The first-order valence-corrected chi connectivity index (χ1v) is 1.00. The average Bonchev–Trinajstić information content (AvgIpc) is 1.00. The SMILES string of the molecule is CC.P.P. The molecule has 0 aromatic heterocycles. The van der Waals surface area contributed by atoms with Gasteiger partial charge < -0.3 is 0 Å². The maximum atomic E-state index is 2.00. The highest BCUT2D eigenvalue weighted by molar-refractivity contribution is 6.92. The summed E-state index contributed by atoms with van der Waals surface area (Å²) in [5, 5.41) is 0. The molecule has 30 valence electrons. The minimum atomic E-state index is 0. The quantitative estimate of drug-likeness (QED) is 0.398. The van der Waals surface area contributed by atoms with Crippen LogP contribution in [0.1, 0.15) is 13.8 Å². The molecule has 2 unspecified atom stereocenters. The van der Waals surface area contributed by atoms with E-state index in [1.54, 1.807) is 0 Å². The van der Waals surface area contributed by atoms with Crippen LogP contribution >= 0.6 is 19.8 Å². The molecule has 0 bridgehead atoms. The van der Waals surface area contributed by atoms with Crippen LogP contribution in [0.15, 0.2) is 0 Å². The maximum absolute atomic E-state index is 2.00. The van der Waals surface area contributed by atoms with Gasteiger partial charge in [0, 0.05) is 0 Å². The van der Waals surface area contributed by atoms with Crippen LogP contribution in [0.5, 0.6) is 0 Å². The molecule has 0 aromatic carbocycles. The van der Waals surface area contributed by atoms with Gasteiger partial charge in [0.15, 0.2) is 0 Å². The van der Waals surface area contributed by atoms with Gasteiger partial charge in [-0.05, 0) is 0 Å². The van der Waals surface area contributed by atoms with Crippen LogP contribution in [0.2, 0.25) is 0 Å². The summed E-state index contributed by atoms with van der Waals surface area (Å²) in [7, 11) is 0. The first-order valence-electron chi connectivity index (χ1n) is 1.00. The molecular formula is C2H12P2. The molecule has 2 heteroatoms. The van der Waals surface area contributed by atoms with E-state index in [1.807, 2.05) is 13.8 Å². The summed E-state index contributed by atoms with van der Waals surface area (Å²) < 4.78 is 0. The number of rotatable bonds is 0. The molecule has 0 rings (SSSR count). The van der Waals surface area contributed by atoms with Gasteiger partial charge in [0.2, 0.25) is 0 Å². The van der Waals surface area contributed by atoms with E-state index < -0.39 is 0 Å². The Morgan fingerprint density at radius 3 is 0.750 bits per heavy atom. The monoisotopic (exact) mass is 98.0 g/mol. The maximum Gasteiger partial charge on any atom is -0.0683 e. The van der Waals surface area contributed by atoms with Crippen LogP contribution < -0.4 is 0 Å². The minimum Gasteiger partial charge on any atom is -0.153 e. The van der Waals surface area contributed by atoms with Crippen LogP contribution in [0.4, 0.5) is 0 Å². The van der Waals surface area contributed by atoms with E-state index in [4.69, 9.17) is 0 Å². The molecule has 0 fully saturated rings. The van der Waals surface area contributed by atoms with E-state index in [9.17, 15) is 0 Å². The molecule has 0 saturated heterocycles. The van der Waals surface area contributed by atoms with Gasteiger partial charge in [-0.25, -0.2) is 0 Å². The highest BCUT2D eigenvalue weighted by Crippen LogP contribution is 1.14. The molecule has 0 radical (unpaired) electrons. The van der Waals surface area contributed by atoms with Crippen molar-refractivity contribution < 1.29 is 0 Å². The van der Waals surface area contributed by atoms with Gasteiger partial charge in [0.05, 0.1) is 0 Å². The Bertz CT molecular complexity index is 4.00. The molecule has 0 saturated carbocycles. The van der Waals surface area contributed by atoms with Crippen molar-refractivity contribution in [3.8, 4) is 0 Å². The molecule has 0 aliphatic rings. The van der Waals surface area contributed by atoms with Crippen molar-refractivity contribution in [2.75, 3.05) is 0 Å². The number of hydrogen-bond donors (Lipinski definition) is 0. The second-order valence-corrected chi connectivity index (χ2v) is 0. The Kier molecular flexibility index (Phi) is 223. The van der Waals surface area contributed by atoms with Crippen molar-refractivity contribution in [1.29, 1.82) is 0 Å². The zero-order valence-electron chi connectivity index (χ0n) is 3.41. The predicted molar refractivity (Wildman–Crippen MR) is 33.6 cm³/mol. The molecule has 0 spiro atoms. The van der Waals surface area contributed by atoms with Gasteiger partial charge in [0.25, 0.3) is 0 Å². The summed E-state index contributed by atoms with van der Waals surface area (Å²) in [4.78, 5) is 0. The normalized spacial score (nSPS) is 1.50. The zero-order valence-corrected chi connectivity index (χ0v) is 6.24. The lowest BCUT2D eigenvalue weighted by molar-refractivity contribution is 1.50. The van der Waals surface area contributed by atoms with Gasteiger partial charge >= 0.3 is 0 Å². The molecule has 0 nitrogen and oxygen atoms in total. The van der Waals surface area contributed by atoms with Crippen molar-refractivity contribution in [3.05, 3.63) is 0 Å². The molecule has 0 amide bonds. The topological polar surface area (TPSA) is 0 Å². The van der Waals surface area contributed by atoms with E-state index in [0.717, 1.165) is 0 Å². The summed E-state index contributed by atoms with van der Waals surface area (Å²) in [5.41, 5.74) is 0. The molecule has 0 aliphatic carbocycles. The van der Waals surface area contributed by atoms with E-state index in [1.165, 1.54) is 0 Å². The Morgan fingerprint density at radius 2 is 0.750 bits per heavy atom. The highest BCUT2D eigenvalue weighted by Gasteiger charge is 0.932. The van der Waals surface area contributed by atoms with Crippen molar-refractivity contribution in [1.82, 2.24) is 0 Å². The van der Waals surface area contributed by atoms with Gasteiger partial charge in [-0.1, -0.05) is 13.8 Å². The van der Waals surface area contributed by atoms with Crippen LogP contribution in [-0.2, 0) is 0 Å². The average molecular weight is 98.1 g/mol. The molecule has 0 aliphatic heterocycles. The molecule has 0 aromatic rings. The van der Waals surface area contributed by atoms with E-state index >= 15 is 0 Å². The van der Waals surface area contributed by atoms with Crippen molar-refractivity contribution in [3.63, 3.8) is 0 Å². The Morgan fingerprint density at radius 1 is 0.750 bits per heavy atom. The lowest BCUT2D eigenvalue weighted by atomic mass is 11.0. The van der Waals surface area contributed by atoms with Gasteiger partial charge in [-0.2, -0.15) is 19.8 Å². The lowest BCUT2D eigenvalue weighted by Crippen LogP contribution is -0.856. The molecule has 4 heavy (non-hydrogen) atoms. The van der Waals surface area contributed by atoms with Crippen LogP contribution in [-0.4, -0.2) is 0 Å². The fourth-order valence-electron chi connectivity index (χ4n) is 0. The summed E-state index contributed by atoms with van der Waals surface area (Å²) in [6.45, 7) is 4.00. The van der Waals surface area contributed by atoms with Crippen LogP contribution in [0.25, 0.3) is 0 Å². The lowest BCUT2D eigenvalue weighted by Gasteiger charge is -1.07. The standard InChI is InChI=1S/C2H6.2H3P/c1-2;;/h1-2H3;2*1H3. The first-order chi connectivity index (χ1) is 1.00. The smallest absolute Gasteiger partial charge is 0.0683 e. The summed E-state index contributed by atoms with van der Waals surface area (Å²) in [5.74, 6) is 0. The molecule has 2 atom stereocenters. The summed E-state index contributed by atoms with van der Waals surface area (Å²) >= 11 is 0. The van der Waals surface area contributed by atoms with Gasteiger partial charge in [-0.15, -0.1) is 0 Å². The third kappa shape index (κ3) is 13.4. The summed E-state index contributed by atoms with van der Waals surface area (Å²) in [6, 6.07) is 0. The van der Waals surface area contributed by atoms with E-state index in [0.29, 0.717) is 0 Å².